The molecule has 0 unspecified atom stereocenters. The Morgan fingerprint density at radius 3 is 2.55 bits per heavy atom. The van der Waals surface area contributed by atoms with Gasteiger partial charge < -0.3 is 5.11 Å². The van der Waals surface area contributed by atoms with Crippen LogP contribution in [0.4, 0.5) is 0 Å². The Kier molecular flexibility index (Phi) is 3.77. The maximum absolute atomic E-state index is 9.44. The molecule has 0 radical (unpaired) electrons. The van der Waals surface area contributed by atoms with Crippen LogP contribution in [0, 0.1) is 28.4 Å². The number of hydrogen-bond acceptors (Lipinski definition) is 2. The minimum atomic E-state index is 0.368. The van der Waals surface area contributed by atoms with Crippen molar-refractivity contribution < 1.29 is 5.11 Å². The van der Waals surface area contributed by atoms with Gasteiger partial charge in [-0.3, -0.25) is 0 Å². The van der Waals surface area contributed by atoms with Crippen LogP contribution in [0.2, 0.25) is 0 Å². The summed E-state index contributed by atoms with van der Waals surface area (Å²) in [6, 6.07) is 8.59. The normalized spacial score (nSPS) is 26.8. The molecule has 0 aliphatic heterocycles. The van der Waals surface area contributed by atoms with E-state index in [-0.39, 0.29) is 0 Å². The van der Waals surface area contributed by atoms with Crippen LogP contribution in [0.15, 0.2) is 24.3 Å². The highest BCUT2D eigenvalue weighted by Crippen LogP contribution is 2.52. The molecule has 2 aliphatic rings. The van der Waals surface area contributed by atoms with Gasteiger partial charge in [-0.25, -0.2) is 4.68 Å². The quantitative estimate of drug-likeness (QED) is 0.773. The van der Waals surface area contributed by atoms with Gasteiger partial charge in [-0.15, -0.1) is 0 Å². The molecule has 22 heavy (non-hydrogen) atoms. The molecule has 2 aromatic rings. The lowest BCUT2D eigenvalue weighted by Crippen LogP contribution is -2.00. The van der Waals surface area contributed by atoms with Crippen LogP contribution in [0.5, 0.6) is 0 Å². The van der Waals surface area contributed by atoms with Crippen molar-refractivity contribution in [3.05, 3.63) is 44.8 Å². The lowest BCUT2D eigenvalue weighted by molar-refractivity contribution is 0.262. The van der Waals surface area contributed by atoms with E-state index in [9.17, 15) is 5.11 Å². The SMILES string of the molecule is Cc1ccc(-n2nc3c(c2I)CC[C@@H]2[C@H](CO)[C@@H]2CC3)cc1. The molecule has 1 heterocycles. The molecule has 0 saturated heterocycles. The van der Waals surface area contributed by atoms with Crippen molar-refractivity contribution in [2.24, 2.45) is 17.8 Å². The van der Waals surface area contributed by atoms with Crippen molar-refractivity contribution >= 4 is 22.6 Å². The van der Waals surface area contributed by atoms with Crippen LogP contribution in [0.1, 0.15) is 29.7 Å². The number of aliphatic hydroxyl groups is 1. The zero-order chi connectivity index (χ0) is 15.3. The molecule has 0 amide bonds. The van der Waals surface area contributed by atoms with Crippen LogP contribution in [0.25, 0.3) is 5.69 Å². The molecule has 1 fully saturated rings. The first-order valence-electron chi connectivity index (χ1n) is 8.13. The second-order valence-corrected chi connectivity index (χ2v) is 7.74. The average molecular weight is 408 g/mol. The largest absolute Gasteiger partial charge is 0.396 e. The van der Waals surface area contributed by atoms with Crippen molar-refractivity contribution in [1.82, 2.24) is 9.78 Å². The molecular weight excluding hydrogens is 387 g/mol. The molecule has 1 aromatic carbocycles. The van der Waals surface area contributed by atoms with E-state index in [4.69, 9.17) is 5.10 Å². The van der Waals surface area contributed by atoms with Gasteiger partial charge in [0, 0.05) is 12.2 Å². The Morgan fingerprint density at radius 1 is 1.18 bits per heavy atom. The van der Waals surface area contributed by atoms with Gasteiger partial charge >= 0.3 is 0 Å². The third-order valence-electron chi connectivity index (χ3n) is 5.44. The molecule has 1 saturated carbocycles. The summed E-state index contributed by atoms with van der Waals surface area (Å²) in [5.41, 5.74) is 5.13. The third-order valence-corrected chi connectivity index (χ3v) is 6.55. The summed E-state index contributed by atoms with van der Waals surface area (Å²) >= 11 is 2.45. The standard InChI is InChI=1S/C18H21IN2O/c1-11-2-4-12(5-3-11)21-18(19)15-7-6-13-14(16(13)10-22)8-9-17(15)20-21/h2-5,13-14,16,22H,6-10H2,1H3/t13-,14+,16-/m0/s1. The van der Waals surface area contributed by atoms with E-state index in [1.54, 1.807) is 0 Å². The van der Waals surface area contributed by atoms with Gasteiger partial charge in [0.1, 0.15) is 3.70 Å². The topological polar surface area (TPSA) is 38.0 Å². The first-order chi connectivity index (χ1) is 10.7. The lowest BCUT2D eigenvalue weighted by atomic mass is 9.99. The lowest BCUT2D eigenvalue weighted by Gasteiger charge is -2.07. The number of rotatable bonds is 2. The fourth-order valence-corrected chi connectivity index (χ4v) is 5.01. The Hall–Kier alpha value is -0.880. The second kappa shape index (κ2) is 5.64. The van der Waals surface area contributed by atoms with Gasteiger partial charge in [0.15, 0.2) is 0 Å². The van der Waals surface area contributed by atoms with E-state index in [1.807, 2.05) is 0 Å². The zero-order valence-corrected chi connectivity index (χ0v) is 15.0. The van der Waals surface area contributed by atoms with E-state index >= 15 is 0 Å². The van der Waals surface area contributed by atoms with Crippen LogP contribution in [-0.2, 0) is 12.8 Å². The maximum atomic E-state index is 9.44. The van der Waals surface area contributed by atoms with Gasteiger partial charge in [-0.1, -0.05) is 17.7 Å². The fraction of sp³-hybridized carbons (Fsp3) is 0.500. The monoisotopic (exact) mass is 408 g/mol. The van der Waals surface area contributed by atoms with Crippen molar-refractivity contribution in [2.45, 2.75) is 32.6 Å². The number of aryl methyl sites for hydroxylation is 2. The van der Waals surface area contributed by atoms with Crippen molar-refractivity contribution in [3.63, 3.8) is 0 Å². The molecule has 0 spiro atoms. The fourth-order valence-electron chi connectivity index (χ4n) is 4.04. The highest BCUT2D eigenvalue weighted by Gasteiger charge is 2.49. The van der Waals surface area contributed by atoms with Crippen molar-refractivity contribution in [3.8, 4) is 5.69 Å². The van der Waals surface area contributed by atoms with Gasteiger partial charge in [0.25, 0.3) is 0 Å². The number of aliphatic hydroxyl groups excluding tert-OH is 1. The molecular formula is C18H21IN2O. The van der Waals surface area contributed by atoms with E-state index in [0.29, 0.717) is 12.5 Å². The smallest absolute Gasteiger partial charge is 0.108 e. The molecule has 4 heteroatoms. The Morgan fingerprint density at radius 2 is 1.86 bits per heavy atom. The molecule has 116 valence electrons. The number of hydrogen-bond donors (Lipinski definition) is 1. The summed E-state index contributed by atoms with van der Waals surface area (Å²) in [6.45, 7) is 2.48. The van der Waals surface area contributed by atoms with Crippen molar-refractivity contribution in [1.29, 1.82) is 0 Å². The Bertz CT molecular complexity index is 692. The molecule has 2 aliphatic carbocycles. The predicted molar refractivity (Wildman–Crippen MR) is 95.2 cm³/mol. The zero-order valence-electron chi connectivity index (χ0n) is 12.8. The number of aromatic nitrogens is 2. The highest BCUT2D eigenvalue weighted by atomic mass is 127. The predicted octanol–water partition coefficient (Wildman–Crippen LogP) is 3.52. The summed E-state index contributed by atoms with van der Waals surface area (Å²) in [6.07, 6.45) is 4.56. The Labute approximate surface area is 144 Å². The average Bonchev–Trinajstić information content (AvgIpc) is 3.08. The molecule has 3 nitrogen and oxygen atoms in total. The second-order valence-electron chi connectivity index (χ2n) is 6.71. The first kappa shape index (κ1) is 14.7. The van der Waals surface area contributed by atoms with Crippen LogP contribution in [-0.4, -0.2) is 21.5 Å². The van der Waals surface area contributed by atoms with E-state index in [2.05, 4.69) is 58.5 Å². The minimum absolute atomic E-state index is 0.368. The summed E-state index contributed by atoms with van der Waals surface area (Å²) in [4.78, 5) is 0. The number of halogens is 1. The minimum Gasteiger partial charge on any atom is -0.396 e. The number of fused-ring (bicyclic) bond motifs is 2. The molecule has 3 atom stereocenters. The van der Waals surface area contributed by atoms with Crippen LogP contribution < -0.4 is 0 Å². The van der Waals surface area contributed by atoms with E-state index < -0.39 is 0 Å². The molecule has 1 N–H and O–H groups in total. The van der Waals surface area contributed by atoms with Crippen molar-refractivity contribution in [2.75, 3.05) is 6.61 Å². The maximum Gasteiger partial charge on any atom is 0.108 e. The van der Waals surface area contributed by atoms with Gasteiger partial charge in [-0.2, -0.15) is 5.10 Å². The summed E-state index contributed by atoms with van der Waals surface area (Å²) in [5.74, 6) is 2.04. The van der Waals surface area contributed by atoms with Crippen LogP contribution >= 0.6 is 22.6 Å². The van der Waals surface area contributed by atoms with Gasteiger partial charge in [0.05, 0.1) is 11.4 Å². The molecule has 4 rings (SSSR count). The summed E-state index contributed by atoms with van der Waals surface area (Å²) < 4.78 is 3.36. The molecule has 1 aromatic heterocycles. The Balaban J connectivity index is 1.65. The van der Waals surface area contributed by atoms with Gasteiger partial charge in [-0.05, 0) is 85.1 Å². The first-order valence-corrected chi connectivity index (χ1v) is 9.21. The van der Waals surface area contributed by atoms with E-state index in [1.165, 1.54) is 33.4 Å². The third kappa shape index (κ3) is 2.40. The molecule has 0 bridgehead atoms. The van der Waals surface area contributed by atoms with Gasteiger partial charge in [0.2, 0.25) is 0 Å². The summed E-state index contributed by atoms with van der Waals surface area (Å²) in [5, 5.41) is 14.3. The van der Waals surface area contributed by atoms with Crippen LogP contribution in [0.3, 0.4) is 0 Å². The number of nitrogens with zero attached hydrogens (tertiary/aromatic N) is 2. The number of benzene rings is 1. The summed E-state index contributed by atoms with van der Waals surface area (Å²) in [7, 11) is 0. The van der Waals surface area contributed by atoms with E-state index in [0.717, 1.165) is 30.4 Å². The highest BCUT2D eigenvalue weighted by molar-refractivity contribution is 14.1.